The molecule has 0 radical (unpaired) electrons. The molecule has 1 amide bonds. The first kappa shape index (κ1) is 17.9. The third-order valence-electron chi connectivity index (χ3n) is 5.26. The zero-order valence-corrected chi connectivity index (χ0v) is 14.9. The molecule has 1 aliphatic heterocycles. The number of carbonyl (C=O) groups is 1. The van der Waals surface area contributed by atoms with Crippen LogP contribution >= 0.6 is 0 Å². The molecule has 134 valence electrons. The minimum absolute atomic E-state index is 0.187. The van der Waals surface area contributed by atoms with Gasteiger partial charge in [-0.2, -0.15) is 5.26 Å². The maximum Gasteiger partial charge on any atom is 0.234 e. The fraction of sp³-hybridized carbons (Fsp3) is 0.600. The van der Waals surface area contributed by atoms with Crippen molar-refractivity contribution >= 4 is 5.91 Å². The number of nitrogens with one attached hydrogen (secondary N) is 1. The summed E-state index contributed by atoms with van der Waals surface area (Å²) in [6.07, 6.45) is 5.87. The Morgan fingerprint density at radius 1 is 1.04 bits per heavy atom. The largest absolute Gasteiger partial charge is 0.352 e. The Hall–Kier alpha value is -1.90. The van der Waals surface area contributed by atoms with Gasteiger partial charge in [0, 0.05) is 25.7 Å². The molecule has 0 aromatic heterocycles. The number of hydrogen-bond donors (Lipinski definition) is 1. The molecule has 3 rings (SSSR count). The summed E-state index contributed by atoms with van der Waals surface area (Å²) >= 11 is 0. The molecule has 1 saturated heterocycles. The molecule has 2 aliphatic rings. The number of nitrogens with zero attached hydrogens (tertiary/aromatic N) is 3. The van der Waals surface area contributed by atoms with Gasteiger partial charge < -0.3 is 5.32 Å². The molecule has 0 bridgehead atoms. The Bertz CT molecular complexity index is 601. The van der Waals surface area contributed by atoms with Crippen LogP contribution in [0.1, 0.15) is 43.2 Å². The monoisotopic (exact) mass is 340 g/mol. The standard InChI is InChI=1S/C20H28N4O/c21-14-17-6-8-18(9-7-17)15-23-10-3-11-24(13-12-23)16-20(25)22-19-4-1-2-5-19/h6-9,19H,1-5,10-13,15-16H2,(H,22,25). The van der Waals surface area contributed by atoms with Crippen molar-refractivity contribution in [2.24, 2.45) is 0 Å². The van der Waals surface area contributed by atoms with E-state index < -0.39 is 0 Å². The van der Waals surface area contributed by atoms with Crippen LogP contribution in [0.3, 0.4) is 0 Å². The Balaban J connectivity index is 1.43. The highest BCUT2D eigenvalue weighted by Gasteiger charge is 2.20. The zero-order chi connectivity index (χ0) is 17.5. The molecule has 5 heteroatoms. The lowest BCUT2D eigenvalue weighted by atomic mass is 10.1. The zero-order valence-electron chi connectivity index (χ0n) is 14.9. The van der Waals surface area contributed by atoms with Gasteiger partial charge in [0.25, 0.3) is 0 Å². The van der Waals surface area contributed by atoms with Crippen molar-refractivity contribution in [1.29, 1.82) is 5.26 Å². The highest BCUT2D eigenvalue weighted by atomic mass is 16.2. The van der Waals surface area contributed by atoms with E-state index in [1.165, 1.54) is 18.4 Å². The van der Waals surface area contributed by atoms with Gasteiger partial charge in [0.1, 0.15) is 0 Å². The first-order valence-corrected chi connectivity index (χ1v) is 9.46. The lowest BCUT2D eigenvalue weighted by Gasteiger charge is -2.22. The number of benzene rings is 1. The lowest BCUT2D eigenvalue weighted by molar-refractivity contribution is -0.122. The Morgan fingerprint density at radius 3 is 2.44 bits per heavy atom. The molecule has 1 saturated carbocycles. The molecule has 1 N–H and O–H groups in total. The first-order chi connectivity index (χ1) is 12.2. The SMILES string of the molecule is N#Cc1ccc(CN2CCCN(CC(=O)NC3CCCC3)CC2)cc1. The van der Waals surface area contributed by atoms with E-state index in [1.54, 1.807) is 0 Å². The number of amides is 1. The Labute approximate surface area is 150 Å². The summed E-state index contributed by atoms with van der Waals surface area (Å²) < 4.78 is 0. The topological polar surface area (TPSA) is 59.4 Å². The average Bonchev–Trinajstić information content (AvgIpc) is 3.03. The fourth-order valence-electron chi connectivity index (χ4n) is 3.83. The van der Waals surface area contributed by atoms with Crippen LogP contribution in [-0.4, -0.2) is 54.5 Å². The molecular formula is C20H28N4O. The predicted molar refractivity (Wildman–Crippen MR) is 97.9 cm³/mol. The van der Waals surface area contributed by atoms with E-state index >= 15 is 0 Å². The van der Waals surface area contributed by atoms with Crippen molar-refractivity contribution in [2.75, 3.05) is 32.7 Å². The van der Waals surface area contributed by atoms with Gasteiger partial charge in [0.15, 0.2) is 0 Å². The maximum atomic E-state index is 12.2. The molecule has 5 nitrogen and oxygen atoms in total. The number of hydrogen-bond acceptors (Lipinski definition) is 4. The first-order valence-electron chi connectivity index (χ1n) is 9.46. The summed E-state index contributed by atoms with van der Waals surface area (Å²) in [5.74, 6) is 0.187. The van der Waals surface area contributed by atoms with E-state index in [9.17, 15) is 4.79 Å². The Morgan fingerprint density at radius 2 is 1.72 bits per heavy atom. The van der Waals surface area contributed by atoms with Gasteiger partial charge in [-0.15, -0.1) is 0 Å². The van der Waals surface area contributed by atoms with E-state index in [4.69, 9.17) is 5.26 Å². The molecule has 0 atom stereocenters. The van der Waals surface area contributed by atoms with Gasteiger partial charge in [-0.05, 0) is 50.0 Å². The molecule has 1 heterocycles. The second-order valence-corrected chi connectivity index (χ2v) is 7.26. The molecular weight excluding hydrogens is 312 g/mol. The predicted octanol–water partition coefficient (Wildman–Crippen LogP) is 2.12. The van der Waals surface area contributed by atoms with Crippen LogP contribution in [0.5, 0.6) is 0 Å². The van der Waals surface area contributed by atoms with E-state index in [2.05, 4.69) is 21.2 Å². The molecule has 2 fully saturated rings. The van der Waals surface area contributed by atoms with Crippen molar-refractivity contribution in [3.63, 3.8) is 0 Å². The number of rotatable bonds is 5. The van der Waals surface area contributed by atoms with Crippen molar-refractivity contribution in [2.45, 2.75) is 44.7 Å². The minimum atomic E-state index is 0.187. The molecule has 0 spiro atoms. The van der Waals surface area contributed by atoms with Gasteiger partial charge in [-0.1, -0.05) is 25.0 Å². The van der Waals surface area contributed by atoms with Gasteiger partial charge >= 0.3 is 0 Å². The fourth-order valence-corrected chi connectivity index (χ4v) is 3.83. The van der Waals surface area contributed by atoms with Crippen LogP contribution in [0.15, 0.2) is 24.3 Å². The highest BCUT2D eigenvalue weighted by molar-refractivity contribution is 5.78. The van der Waals surface area contributed by atoms with Crippen LogP contribution in [0.25, 0.3) is 0 Å². The van der Waals surface area contributed by atoms with Gasteiger partial charge in [-0.25, -0.2) is 0 Å². The summed E-state index contributed by atoms with van der Waals surface area (Å²) in [5, 5.41) is 12.1. The normalized spacial score (nSPS) is 20.1. The highest BCUT2D eigenvalue weighted by Crippen LogP contribution is 2.17. The second kappa shape index (κ2) is 8.98. The van der Waals surface area contributed by atoms with Gasteiger partial charge in [-0.3, -0.25) is 14.6 Å². The average molecular weight is 340 g/mol. The summed E-state index contributed by atoms with van der Waals surface area (Å²) in [7, 11) is 0. The molecule has 1 aromatic carbocycles. The third-order valence-corrected chi connectivity index (χ3v) is 5.26. The van der Waals surface area contributed by atoms with Crippen molar-refractivity contribution in [3.05, 3.63) is 35.4 Å². The lowest BCUT2D eigenvalue weighted by Crippen LogP contribution is -2.42. The third kappa shape index (κ3) is 5.55. The van der Waals surface area contributed by atoms with Crippen LogP contribution in [-0.2, 0) is 11.3 Å². The number of nitriles is 1. The van der Waals surface area contributed by atoms with Crippen molar-refractivity contribution in [1.82, 2.24) is 15.1 Å². The quantitative estimate of drug-likeness (QED) is 0.892. The Kier molecular flexibility index (Phi) is 6.43. The summed E-state index contributed by atoms with van der Waals surface area (Å²) in [6, 6.07) is 10.4. The maximum absolute atomic E-state index is 12.2. The van der Waals surface area contributed by atoms with E-state index in [0.29, 0.717) is 18.2 Å². The van der Waals surface area contributed by atoms with Gasteiger partial charge in [0.05, 0.1) is 18.2 Å². The van der Waals surface area contributed by atoms with Gasteiger partial charge in [0.2, 0.25) is 5.91 Å². The van der Waals surface area contributed by atoms with Crippen LogP contribution in [0, 0.1) is 11.3 Å². The van der Waals surface area contributed by atoms with Crippen LogP contribution < -0.4 is 5.32 Å². The molecule has 0 unspecified atom stereocenters. The summed E-state index contributed by atoms with van der Waals surface area (Å²) in [6.45, 7) is 5.41. The van der Waals surface area contributed by atoms with Crippen molar-refractivity contribution in [3.8, 4) is 6.07 Å². The van der Waals surface area contributed by atoms with E-state index in [-0.39, 0.29) is 5.91 Å². The molecule has 1 aliphatic carbocycles. The smallest absolute Gasteiger partial charge is 0.234 e. The number of carbonyl (C=O) groups excluding carboxylic acids is 1. The van der Waals surface area contributed by atoms with Crippen molar-refractivity contribution < 1.29 is 4.79 Å². The minimum Gasteiger partial charge on any atom is -0.352 e. The van der Waals surface area contributed by atoms with E-state index in [0.717, 1.165) is 52.0 Å². The van der Waals surface area contributed by atoms with Crippen LogP contribution in [0.2, 0.25) is 0 Å². The molecule has 25 heavy (non-hydrogen) atoms. The summed E-state index contributed by atoms with van der Waals surface area (Å²) in [5.41, 5.74) is 1.95. The molecule has 1 aromatic rings. The van der Waals surface area contributed by atoms with E-state index in [1.807, 2.05) is 24.3 Å². The second-order valence-electron chi connectivity index (χ2n) is 7.26. The van der Waals surface area contributed by atoms with Crippen LogP contribution in [0.4, 0.5) is 0 Å². The summed E-state index contributed by atoms with van der Waals surface area (Å²) in [4.78, 5) is 16.9.